The third-order valence-electron chi connectivity index (χ3n) is 4.18. The van der Waals surface area contributed by atoms with Gasteiger partial charge in [-0.15, -0.1) is 0 Å². The Hall–Kier alpha value is -1.48. The van der Waals surface area contributed by atoms with Gasteiger partial charge in [0.25, 0.3) is 0 Å². The van der Waals surface area contributed by atoms with Gasteiger partial charge in [0.2, 0.25) is 0 Å². The lowest BCUT2D eigenvalue weighted by molar-refractivity contribution is -0.218. The number of aryl methyl sites for hydroxylation is 1. The molecule has 2 aliphatic heterocycles. The molecule has 2 bridgehead atoms. The molecule has 8 nitrogen and oxygen atoms in total. The van der Waals surface area contributed by atoms with Crippen LogP contribution in [0.4, 0.5) is 5.82 Å². The zero-order valence-electron chi connectivity index (χ0n) is 11.2. The van der Waals surface area contributed by atoms with E-state index < -0.39 is 42.4 Å². The van der Waals surface area contributed by atoms with Crippen LogP contribution in [0.3, 0.4) is 0 Å². The van der Waals surface area contributed by atoms with Crippen molar-refractivity contribution in [1.82, 2.24) is 9.55 Å². The van der Waals surface area contributed by atoms with Gasteiger partial charge >= 0.3 is 5.69 Å². The number of nitrogens with two attached hydrogens (primary N) is 1. The molecule has 0 amide bonds. The van der Waals surface area contributed by atoms with Crippen molar-refractivity contribution in [2.75, 3.05) is 12.3 Å². The standard InChI is InChI=1S/C12H17N3O5/c1-5-3-15(11(18)14-9(5)13)10-7-8(17)12(4-16,20-10)6(2)19-7/h3,6-8,10,16-17H,4H2,1-2H3,(H2,13,14,18)/t6-,7+,8-,10+,12-/m0/s1. The lowest BCUT2D eigenvalue weighted by Gasteiger charge is -2.34. The van der Waals surface area contributed by atoms with Crippen molar-refractivity contribution < 1.29 is 19.7 Å². The Morgan fingerprint density at radius 3 is 2.90 bits per heavy atom. The molecule has 3 heterocycles. The van der Waals surface area contributed by atoms with Crippen LogP contribution in [0.2, 0.25) is 0 Å². The quantitative estimate of drug-likeness (QED) is 0.607. The van der Waals surface area contributed by atoms with Gasteiger partial charge in [0.15, 0.2) is 6.23 Å². The summed E-state index contributed by atoms with van der Waals surface area (Å²) in [5, 5.41) is 19.8. The van der Waals surface area contributed by atoms with E-state index in [0.717, 1.165) is 0 Å². The number of aliphatic hydroxyl groups excluding tert-OH is 2. The van der Waals surface area contributed by atoms with Crippen LogP contribution in [0.25, 0.3) is 0 Å². The monoisotopic (exact) mass is 283 g/mol. The first kappa shape index (κ1) is 13.5. The summed E-state index contributed by atoms with van der Waals surface area (Å²) in [6, 6.07) is 0. The summed E-state index contributed by atoms with van der Waals surface area (Å²) in [6.45, 7) is 3.04. The SMILES string of the molecule is Cc1cn([C@@H]2O[C@@]3(CO)[C@H](C)O[C@@H]2[C@@H]3O)c(=O)nc1N. The van der Waals surface area contributed by atoms with E-state index in [1.807, 2.05) is 0 Å². The zero-order valence-corrected chi connectivity index (χ0v) is 11.2. The molecular formula is C12H17N3O5. The molecule has 1 aromatic heterocycles. The second-order valence-corrected chi connectivity index (χ2v) is 5.31. The lowest BCUT2D eigenvalue weighted by Crippen LogP contribution is -2.49. The third kappa shape index (κ3) is 1.56. The molecule has 8 heteroatoms. The molecule has 2 fully saturated rings. The van der Waals surface area contributed by atoms with Crippen LogP contribution >= 0.6 is 0 Å². The van der Waals surface area contributed by atoms with E-state index in [2.05, 4.69) is 4.98 Å². The maximum atomic E-state index is 11.9. The Kier molecular flexibility index (Phi) is 2.87. The average Bonchev–Trinajstić information content (AvgIpc) is 2.81. The number of nitrogen functional groups attached to an aromatic ring is 1. The van der Waals surface area contributed by atoms with Crippen LogP contribution in [0.5, 0.6) is 0 Å². The molecule has 1 aromatic rings. The Morgan fingerprint density at radius 1 is 1.60 bits per heavy atom. The fourth-order valence-corrected chi connectivity index (χ4v) is 2.86. The highest BCUT2D eigenvalue weighted by Gasteiger charge is 2.65. The second-order valence-electron chi connectivity index (χ2n) is 5.31. The van der Waals surface area contributed by atoms with Gasteiger partial charge in [0.1, 0.15) is 23.6 Å². The lowest BCUT2D eigenvalue weighted by atomic mass is 9.95. The van der Waals surface area contributed by atoms with Gasteiger partial charge in [0, 0.05) is 11.8 Å². The molecule has 0 aliphatic carbocycles. The Balaban J connectivity index is 2.03. The summed E-state index contributed by atoms with van der Waals surface area (Å²) in [6.07, 6.45) is -1.49. The minimum absolute atomic E-state index is 0.154. The molecule has 2 aliphatic rings. The third-order valence-corrected chi connectivity index (χ3v) is 4.18. The average molecular weight is 283 g/mol. The van der Waals surface area contributed by atoms with E-state index in [1.165, 1.54) is 10.8 Å². The molecule has 3 rings (SSSR count). The number of ether oxygens (including phenoxy) is 2. The maximum absolute atomic E-state index is 11.9. The Morgan fingerprint density at radius 2 is 2.30 bits per heavy atom. The van der Waals surface area contributed by atoms with Gasteiger partial charge in [-0.1, -0.05) is 0 Å². The van der Waals surface area contributed by atoms with E-state index in [1.54, 1.807) is 13.8 Å². The number of hydrogen-bond donors (Lipinski definition) is 3. The summed E-state index contributed by atoms with van der Waals surface area (Å²) < 4.78 is 12.6. The molecule has 4 N–H and O–H groups in total. The van der Waals surface area contributed by atoms with Gasteiger partial charge in [-0.25, -0.2) is 4.79 Å². The predicted molar refractivity (Wildman–Crippen MR) is 67.9 cm³/mol. The molecule has 0 radical (unpaired) electrons. The van der Waals surface area contributed by atoms with E-state index in [4.69, 9.17) is 15.2 Å². The highest BCUT2D eigenvalue weighted by atomic mass is 16.7. The van der Waals surface area contributed by atoms with Crippen molar-refractivity contribution in [1.29, 1.82) is 0 Å². The molecule has 5 atom stereocenters. The summed E-state index contributed by atoms with van der Waals surface area (Å²) in [7, 11) is 0. The van der Waals surface area contributed by atoms with Crippen molar-refractivity contribution >= 4 is 5.82 Å². The van der Waals surface area contributed by atoms with Crippen LogP contribution < -0.4 is 11.4 Å². The van der Waals surface area contributed by atoms with Crippen LogP contribution in [-0.2, 0) is 9.47 Å². The van der Waals surface area contributed by atoms with Crippen molar-refractivity contribution in [3.8, 4) is 0 Å². The molecule has 0 unspecified atom stereocenters. The molecule has 20 heavy (non-hydrogen) atoms. The summed E-state index contributed by atoms with van der Waals surface area (Å²) >= 11 is 0. The number of aliphatic hydroxyl groups is 2. The second kappa shape index (κ2) is 4.26. The van der Waals surface area contributed by atoms with E-state index >= 15 is 0 Å². The van der Waals surface area contributed by atoms with Crippen LogP contribution in [0.1, 0.15) is 18.7 Å². The van der Waals surface area contributed by atoms with E-state index in [9.17, 15) is 15.0 Å². The van der Waals surface area contributed by atoms with Crippen molar-refractivity contribution in [2.45, 2.75) is 44.0 Å². The first-order valence-electron chi connectivity index (χ1n) is 6.38. The van der Waals surface area contributed by atoms with E-state index in [-0.39, 0.29) is 5.82 Å². The Labute approximate surface area is 114 Å². The molecule has 110 valence electrons. The largest absolute Gasteiger partial charge is 0.393 e. The van der Waals surface area contributed by atoms with Gasteiger partial charge in [-0.2, -0.15) is 4.98 Å². The molecule has 0 spiro atoms. The van der Waals surface area contributed by atoms with E-state index in [0.29, 0.717) is 5.56 Å². The zero-order chi connectivity index (χ0) is 14.7. The van der Waals surface area contributed by atoms with Gasteiger partial charge in [-0.3, -0.25) is 4.57 Å². The normalized spacial score (nSPS) is 39.4. The van der Waals surface area contributed by atoms with Gasteiger partial charge in [-0.05, 0) is 13.8 Å². The molecule has 0 aromatic carbocycles. The minimum Gasteiger partial charge on any atom is -0.393 e. The minimum atomic E-state index is -1.20. The van der Waals surface area contributed by atoms with Crippen molar-refractivity contribution in [3.05, 3.63) is 22.2 Å². The van der Waals surface area contributed by atoms with Gasteiger partial charge < -0.3 is 25.4 Å². The number of anilines is 1. The highest BCUT2D eigenvalue weighted by Crippen LogP contribution is 2.47. The maximum Gasteiger partial charge on any atom is 0.351 e. The summed E-state index contributed by atoms with van der Waals surface area (Å²) in [4.78, 5) is 15.6. The smallest absolute Gasteiger partial charge is 0.351 e. The van der Waals surface area contributed by atoms with Crippen LogP contribution in [0, 0.1) is 6.92 Å². The molecular weight excluding hydrogens is 266 g/mol. The topological polar surface area (TPSA) is 120 Å². The van der Waals surface area contributed by atoms with Crippen molar-refractivity contribution in [2.24, 2.45) is 0 Å². The number of hydrogen-bond acceptors (Lipinski definition) is 7. The fraction of sp³-hybridized carbons (Fsp3) is 0.667. The van der Waals surface area contributed by atoms with Gasteiger partial charge in [0.05, 0.1) is 12.7 Å². The number of nitrogens with zero attached hydrogens (tertiary/aromatic N) is 2. The molecule has 0 saturated carbocycles. The van der Waals surface area contributed by atoms with Crippen LogP contribution in [-0.4, -0.2) is 50.3 Å². The summed E-state index contributed by atoms with van der Waals surface area (Å²) in [5.74, 6) is 0.154. The number of rotatable bonds is 2. The van der Waals surface area contributed by atoms with Crippen LogP contribution in [0.15, 0.2) is 11.0 Å². The molecule has 2 saturated heterocycles. The fourth-order valence-electron chi connectivity index (χ4n) is 2.86. The van der Waals surface area contributed by atoms with Crippen molar-refractivity contribution in [3.63, 3.8) is 0 Å². The first-order chi connectivity index (χ1) is 9.40. The Bertz CT molecular complexity index is 603. The number of fused-ring (bicyclic) bond motifs is 2. The highest BCUT2D eigenvalue weighted by molar-refractivity contribution is 5.35. The summed E-state index contributed by atoms with van der Waals surface area (Å²) in [5.41, 5.74) is 4.42. The first-order valence-corrected chi connectivity index (χ1v) is 6.38. The number of aromatic nitrogens is 2. The predicted octanol–water partition coefficient (Wildman–Crippen LogP) is -1.46.